The lowest BCUT2D eigenvalue weighted by Crippen LogP contribution is -2.55. The number of halogens is 1. The van der Waals surface area contributed by atoms with E-state index in [2.05, 4.69) is 20.9 Å². The molecule has 1 N–H and O–H groups in total. The standard InChI is InChI=1S/C12H14BrN3O4/c1-12(11(17)18)4-2-3-5-15(12)10-9(16(19)20)6-8(13)7-14-10/h6-7H,2-5H2,1H3,(H,17,18). The van der Waals surface area contributed by atoms with Gasteiger partial charge in [-0.3, -0.25) is 10.1 Å². The van der Waals surface area contributed by atoms with Crippen molar-refractivity contribution in [1.82, 2.24) is 4.98 Å². The third-order valence-corrected chi connectivity index (χ3v) is 4.05. The number of carboxylic acid groups (broad SMARTS) is 1. The molecule has 1 aliphatic heterocycles. The van der Waals surface area contributed by atoms with Gasteiger partial charge in [0.25, 0.3) is 0 Å². The summed E-state index contributed by atoms with van der Waals surface area (Å²) < 4.78 is 0.488. The zero-order valence-electron chi connectivity index (χ0n) is 10.9. The Hall–Kier alpha value is -1.70. The van der Waals surface area contributed by atoms with Crippen molar-refractivity contribution in [2.45, 2.75) is 31.7 Å². The predicted molar refractivity (Wildman–Crippen MR) is 75.8 cm³/mol. The third kappa shape index (κ3) is 2.47. The van der Waals surface area contributed by atoms with Gasteiger partial charge in [0.15, 0.2) is 0 Å². The summed E-state index contributed by atoms with van der Waals surface area (Å²) in [7, 11) is 0. The monoisotopic (exact) mass is 343 g/mol. The highest BCUT2D eigenvalue weighted by atomic mass is 79.9. The van der Waals surface area contributed by atoms with Gasteiger partial charge in [-0.05, 0) is 42.1 Å². The summed E-state index contributed by atoms with van der Waals surface area (Å²) in [6.45, 7) is 2.03. The van der Waals surface area contributed by atoms with Gasteiger partial charge in [-0.15, -0.1) is 0 Å². The molecule has 1 aromatic rings. The first-order valence-electron chi connectivity index (χ1n) is 6.17. The van der Waals surface area contributed by atoms with Crippen molar-refractivity contribution >= 4 is 33.4 Å². The maximum atomic E-state index is 11.6. The lowest BCUT2D eigenvalue weighted by Gasteiger charge is -2.42. The summed E-state index contributed by atoms with van der Waals surface area (Å²) in [6, 6.07) is 1.35. The number of rotatable bonds is 3. The second-order valence-electron chi connectivity index (χ2n) is 4.94. The van der Waals surface area contributed by atoms with Crippen LogP contribution in [0.25, 0.3) is 0 Å². The molecular weight excluding hydrogens is 330 g/mol. The van der Waals surface area contributed by atoms with E-state index in [1.165, 1.54) is 17.2 Å². The van der Waals surface area contributed by atoms with Gasteiger partial charge >= 0.3 is 11.7 Å². The van der Waals surface area contributed by atoms with Crippen molar-refractivity contribution in [2.24, 2.45) is 0 Å². The Morgan fingerprint density at radius 1 is 1.60 bits per heavy atom. The molecule has 8 heteroatoms. The number of hydrogen-bond acceptors (Lipinski definition) is 5. The van der Waals surface area contributed by atoms with Crippen molar-refractivity contribution < 1.29 is 14.8 Å². The Labute approximate surface area is 123 Å². The molecule has 1 saturated heterocycles. The number of aromatic nitrogens is 1. The number of anilines is 1. The second kappa shape index (κ2) is 5.35. The van der Waals surface area contributed by atoms with Crippen LogP contribution in [0.1, 0.15) is 26.2 Å². The fourth-order valence-electron chi connectivity index (χ4n) is 2.45. The van der Waals surface area contributed by atoms with Crippen LogP contribution < -0.4 is 4.90 Å². The molecule has 108 valence electrons. The molecule has 0 bridgehead atoms. The Kier molecular flexibility index (Phi) is 3.94. The quantitative estimate of drug-likeness (QED) is 0.669. The molecule has 0 aromatic carbocycles. The Morgan fingerprint density at radius 2 is 2.30 bits per heavy atom. The number of nitrogens with zero attached hydrogens (tertiary/aromatic N) is 3. The lowest BCUT2D eigenvalue weighted by molar-refractivity contribution is -0.384. The highest BCUT2D eigenvalue weighted by Gasteiger charge is 2.44. The maximum Gasteiger partial charge on any atom is 0.329 e. The molecule has 0 aliphatic carbocycles. The molecule has 1 aliphatic rings. The predicted octanol–water partition coefficient (Wildman–Crippen LogP) is 2.59. The van der Waals surface area contributed by atoms with E-state index in [-0.39, 0.29) is 11.5 Å². The maximum absolute atomic E-state index is 11.6. The number of carbonyl (C=O) groups is 1. The molecule has 0 spiro atoms. The van der Waals surface area contributed by atoms with E-state index in [4.69, 9.17) is 0 Å². The number of hydrogen-bond donors (Lipinski definition) is 1. The summed E-state index contributed by atoms with van der Waals surface area (Å²) in [5.74, 6) is -0.876. The molecule has 2 rings (SSSR count). The minimum Gasteiger partial charge on any atom is -0.480 e. The summed E-state index contributed by atoms with van der Waals surface area (Å²) in [5, 5.41) is 20.6. The minimum atomic E-state index is -1.16. The van der Waals surface area contributed by atoms with E-state index in [0.29, 0.717) is 17.4 Å². The molecule has 1 aromatic heterocycles. The fourth-order valence-corrected chi connectivity index (χ4v) is 2.77. The molecule has 1 atom stereocenters. The van der Waals surface area contributed by atoms with Crippen LogP contribution in [0.15, 0.2) is 16.7 Å². The van der Waals surface area contributed by atoms with Crippen LogP contribution in [0.4, 0.5) is 11.5 Å². The van der Waals surface area contributed by atoms with Crippen LogP contribution in [0.5, 0.6) is 0 Å². The van der Waals surface area contributed by atoms with Crippen LogP contribution in [0.2, 0.25) is 0 Å². The molecule has 1 unspecified atom stereocenters. The van der Waals surface area contributed by atoms with Gasteiger partial charge in [0.2, 0.25) is 5.82 Å². The molecule has 1 fully saturated rings. The van der Waals surface area contributed by atoms with Crippen LogP contribution in [-0.2, 0) is 4.79 Å². The van der Waals surface area contributed by atoms with Gasteiger partial charge in [0.1, 0.15) is 5.54 Å². The smallest absolute Gasteiger partial charge is 0.329 e. The molecule has 7 nitrogen and oxygen atoms in total. The first kappa shape index (κ1) is 14.7. The first-order chi connectivity index (χ1) is 9.36. The van der Waals surface area contributed by atoms with Crippen LogP contribution in [-0.4, -0.2) is 33.1 Å². The van der Waals surface area contributed by atoms with Gasteiger partial charge in [-0.1, -0.05) is 0 Å². The summed E-state index contributed by atoms with van der Waals surface area (Å²) in [4.78, 5) is 27.8. The molecule has 2 heterocycles. The van der Waals surface area contributed by atoms with Gasteiger partial charge in [-0.25, -0.2) is 9.78 Å². The zero-order valence-corrected chi connectivity index (χ0v) is 12.5. The average Bonchev–Trinajstić information content (AvgIpc) is 2.39. The molecular formula is C12H14BrN3O4. The van der Waals surface area contributed by atoms with E-state index in [0.717, 1.165) is 12.8 Å². The number of carboxylic acids is 1. The van der Waals surface area contributed by atoms with E-state index in [1.807, 2.05) is 0 Å². The summed E-state index contributed by atoms with van der Waals surface area (Å²) in [5.41, 5.74) is -1.35. The Balaban J connectivity index is 2.53. The molecule has 0 radical (unpaired) electrons. The van der Waals surface area contributed by atoms with Gasteiger partial charge in [0, 0.05) is 23.3 Å². The first-order valence-corrected chi connectivity index (χ1v) is 6.96. The topological polar surface area (TPSA) is 96.6 Å². The summed E-state index contributed by atoms with van der Waals surface area (Å²) in [6.07, 6.45) is 3.46. The number of nitro groups is 1. The highest BCUT2D eigenvalue weighted by molar-refractivity contribution is 9.10. The Morgan fingerprint density at radius 3 is 2.90 bits per heavy atom. The third-order valence-electron chi connectivity index (χ3n) is 3.62. The van der Waals surface area contributed by atoms with Crippen molar-refractivity contribution in [3.05, 3.63) is 26.9 Å². The van der Waals surface area contributed by atoms with E-state index in [9.17, 15) is 20.0 Å². The second-order valence-corrected chi connectivity index (χ2v) is 5.86. The average molecular weight is 344 g/mol. The SMILES string of the molecule is CC1(C(=O)O)CCCCN1c1ncc(Br)cc1[N+](=O)[O-]. The van der Waals surface area contributed by atoms with Crippen molar-refractivity contribution in [3.63, 3.8) is 0 Å². The largest absolute Gasteiger partial charge is 0.480 e. The van der Waals surface area contributed by atoms with E-state index < -0.39 is 16.4 Å². The van der Waals surface area contributed by atoms with Crippen molar-refractivity contribution in [1.29, 1.82) is 0 Å². The molecule has 20 heavy (non-hydrogen) atoms. The zero-order chi connectivity index (χ0) is 14.9. The van der Waals surface area contributed by atoms with E-state index >= 15 is 0 Å². The van der Waals surface area contributed by atoms with Crippen molar-refractivity contribution in [3.8, 4) is 0 Å². The number of aliphatic carboxylic acids is 1. The molecule has 0 amide bonds. The van der Waals surface area contributed by atoms with Crippen LogP contribution >= 0.6 is 15.9 Å². The minimum absolute atomic E-state index is 0.114. The fraction of sp³-hybridized carbons (Fsp3) is 0.500. The summed E-state index contributed by atoms with van der Waals surface area (Å²) >= 11 is 3.14. The van der Waals surface area contributed by atoms with Crippen molar-refractivity contribution in [2.75, 3.05) is 11.4 Å². The van der Waals surface area contributed by atoms with Crippen LogP contribution in [0.3, 0.4) is 0 Å². The van der Waals surface area contributed by atoms with Gasteiger partial charge < -0.3 is 10.0 Å². The van der Waals surface area contributed by atoms with Gasteiger partial charge in [-0.2, -0.15) is 0 Å². The number of piperidine rings is 1. The highest BCUT2D eigenvalue weighted by Crippen LogP contribution is 2.37. The van der Waals surface area contributed by atoms with E-state index in [1.54, 1.807) is 6.92 Å². The number of pyridine rings is 1. The van der Waals surface area contributed by atoms with Gasteiger partial charge in [0.05, 0.1) is 4.92 Å². The van der Waals surface area contributed by atoms with Crippen LogP contribution in [0, 0.1) is 10.1 Å². The lowest BCUT2D eigenvalue weighted by atomic mass is 9.88. The Bertz CT molecular complexity index is 566. The molecule has 0 saturated carbocycles. The normalized spacial score (nSPS) is 22.6.